The highest BCUT2D eigenvalue weighted by Gasteiger charge is 2.40. The number of rotatable bonds is 5. The fourth-order valence-corrected chi connectivity index (χ4v) is 4.29. The molecule has 1 saturated heterocycles. The normalized spacial score (nSPS) is 17.2. The average Bonchev–Trinajstić information content (AvgIpc) is 3.44. The van der Waals surface area contributed by atoms with E-state index in [1.54, 1.807) is 48.7 Å². The highest BCUT2D eigenvalue weighted by molar-refractivity contribution is 6.30. The lowest BCUT2D eigenvalue weighted by molar-refractivity contribution is -0.136. The van der Waals surface area contributed by atoms with E-state index in [9.17, 15) is 19.2 Å². The van der Waals surface area contributed by atoms with Crippen LogP contribution in [0.2, 0.25) is 5.02 Å². The van der Waals surface area contributed by atoms with Crippen LogP contribution >= 0.6 is 11.6 Å². The van der Waals surface area contributed by atoms with Crippen LogP contribution in [-0.4, -0.2) is 49.7 Å². The predicted octanol–water partition coefficient (Wildman–Crippen LogP) is 2.00. The van der Waals surface area contributed by atoms with Crippen LogP contribution in [0.1, 0.15) is 34.5 Å². The van der Waals surface area contributed by atoms with E-state index in [-0.39, 0.29) is 37.7 Å². The van der Waals surface area contributed by atoms with Crippen LogP contribution in [0.5, 0.6) is 0 Å². The van der Waals surface area contributed by atoms with Crippen LogP contribution in [0.15, 0.2) is 48.7 Å². The summed E-state index contributed by atoms with van der Waals surface area (Å²) >= 11 is 5.85. The van der Waals surface area contributed by atoms with Crippen LogP contribution < -0.4 is 16.0 Å². The van der Waals surface area contributed by atoms with Gasteiger partial charge >= 0.3 is 6.03 Å². The Hall–Kier alpha value is -4.25. The second-order valence-corrected chi connectivity index (χ2v) is 8.61. The molecular weight excluding hydrogens is 474 g/mol. The van der Waals surface area contributed by atoms with Crippen molar-refractivity contribution in [2.75, 3.05) is 5.32 Å². The van der Waals surface area contributed by atoms with Gasteiger partial charge in [0.2, 0.25) is 11.8 Å². The summed E-state index contributed by atoms with van der Waals surface area (Å²) in [6, 6.07) is 10.9. The number of carbonyl (C=O) groups excluding carboxylic acids is 4. The molecule has 12 heteroatoms. The highest BCUT2D eigenvalue weighted by atomic mass is 35.5. The van der Waals surface area contributed by atoms with E-state index >= 15 is 0 Å². The molecule has 0 radical (unpaired) electrons. The molecule has 2 aliphatic heterocycles. The van der Waals surface area contributed by atoms with Gasteiger partial charge in [0.05, 0.1) is 18.4 Å². The van der Waals surface area contributed by atoms with E-state index in [1.165, 1.54) is 9.58 Å². The molecule has 2 aromatic carbocycles. The Kier molecular flexibility index (Phi) is 5.91. The molecule has 11 nitrogen and oxygen atoms in total. The number of piperidine rings is 1. The number of nitrogens with one attached hydrogen (secondary N) is 3. The minimum absolute atomic E-state index is 0.135. The van der Waals surface area contributed by atoms with Crippen molar-refractivity contribution in [1.82, 2.24) is 30.5 Å². The maximum absolute atomic E-state index is 13.0. The Labute approximate surface area is 204 Å². The van der Waals surface area contributed by atoms with Gasteiger partial charge in [-0.2, -0.15) is 0 Å². The lowest BCUT2D eigenvalue weighted by Gasteiger charge is -2.29. The number of aromatic nitrogens is 3. The first-order valence-corrected chi connectivity index (χ1v) is 11.3. The van der Waals surface area contributed by atoms with E-state index in [4.69, 9.17) is 11.6 Å². The molecular formula is C23H20ClN7O4. The molecule has 5 amide bonds. The van der Waals surface area contributed by atoms with Gasteiger partial charge < -0.3 is 15.5 Å². The third kappa shape index (κ3) is 4.58. The van der Waals surface area contributed by atoms with E-state index in [1.807, 2.05) is 0 Å². The number of urea groups is 1. The lowest BCUT2D eigenvalue weighted by Crippen LogP contribution is -2.52. The lowest BCUT2D eigenvalue weighted by atomic mass is 10.0. The smallest absolute Gasteiger partial charge is 0.319 e. The second-order valence-electron chi connectivity index (χ2n) is 8.17. The van der Waals surface area contributed by atoms with Crippen molar-refractivity contribution in [3.05, 3.63) is 70.5 Å². The summed E-state index contributed by atoms with van der Waals surface area (Å²) < 4.78 is 1.54. The van der Waals surface area contributed by atoms with Crippen molar-refractivity contribution in [3.8, 4) is 5.69 Å². The number of carbonyl (C=O) groups is 4. The first kappa shape index (κ1) is 22.5. The third-order valence-corrected chi connectivity index (χ3v) is 6.13. The van der Waals surface area contributed by atoms with Crippen LogP contribution in [0.25, 0.3) is 5.69 Å². The monoisotopic (exact) mass is 493 g/mol. The molecule has 1 atom stereocenters. The van der Waals surface area contributed by atoms with Crippen molar-refractivity contribution in [2.24, 2.45) is 0 Å². The van der Waals surface area contributed by atoms with Gasteiger partial charge in [-0.3, -0.25) is 19.7 Å². The van der Waals surface area contributed by atoms with E-state index in [0.717, 1.165) is 0 Å². The van der Waals surface area contributed by atoms with Gasteiger partial charge in [0.1, 0.15) is 11.7 Å². The Morgan fingerprint density at radius 1 is 1.14 bits per heavy atom. The molecule has 1 fully saturated rings. The highest BCUT2D eigenvalue weighted by Crippen LogP contribution is 2.31. The summed E-state index contributed by atoms with van der Waals surface area (Å²) in [6.45, 7) is 0.351. The third-order valence-electron chi connectivity index (χ3n) is 5.88. The molecule has 3 heterocycles. The summed E-state index contributed by atoms with van der Waals surface area (Å²) in [4.78, 5) is 50.4. The molecule has 178 valence electrons. The first-order chi connectivity index (χ1) is 16.9. The van der Waals surface area contributed by atoms with Gasteiger partial charge in [0, 0.05) is 34.8 Å². The Bertz CT molecular complexity index is 1340. The summed E-state index contributed by atoms with van der Waals surface area (Å²) in [5.74, 6) is -1.06. The number of fused-ring (bicyclic) bond motifs is 1. The van der Waals surface area contributed by atoms with Crippen LogP contribution in [0.3, 0.4) is 0 Å². The predicted molar refractivity (Wildman–Crippen MR) is 125 cm³/mol. The van der Waals surface area contributed by atoms with Gasteiger partial charge in [-0.05, 0) is 42.8 Å². The number of amides is 5. The number of halogens is 1. The van der Waals surface area contributed by atoms with E-state index in [2.05, 4.69) is 26.3 Å². The van der Waals surface area contributed by atoms with Crippen molar-refractivity contribution < 1.29 is 19.2 Å². The second kappa shape index (κ2) is 9.18. The Morgan fingerprint density at radius 2 is 1.94 bits per heavy atom. The molecule has 0 spiro atoms. The van der Waals surface area contributed by atoms with Gasteiger partial charge in [-0.25, -0.2) is 9.48 Å². The Morgan fingerprint density at radius 3 is 2.71 bits per heavy atom. The quantitative estimate of drug-likeness (QED) is 0.465. The fourth-order valence-electron chi connectivity index (χ4n) is 4.16. The minimum atomic E-state index is -0.699. The van der Waals surface area contributed by atoms with E-state index in [0.29, 0.717) is 33.2 Å². The van der Waals surface area contributed by atoms with Gasteiger partial charge in [0.25, 0.3) is 5.91 Å². The minimum Gasteiger partial charge on any atom is -0.332 e. The molecule has 1 unspecified atom stereocenters. The topological polar surface area (TPSA) is 138 Å². The van der Waals surface area contributed by atoms with Crippen molar-refractivity contribution in [3.63, 3.8) is 0 Å². The average molecular weight is 494 g/mol. The molecule has 35 heavy (non-hydrogen) atoms. The summed E-state index contributed by atoms with van der Waals surface area (Å²) in [6.07, 6.45) is 2.14. The van der Waals surface area contributed by atoms with Crippen LogP contribution in [0.4, 0.5) is 10.5 Å². The molecule has 3 N–H and O–H groups in total. The zero-order chi connectivity index (χ0) is 24.5. The summed E-state index contributed by atoms with van der Waals surface area (Å²) in [5, 5.41) is 16.5. The van der Waals surface area contributed by atoms with Crippen LogP contribution in [0, 0.1) is 0 Å². The first-order valence-electron chi connectivity index (χ1n) is 10.9. The molecule has 0 bridgehead atoms. The zero-order valence-electron chi connectivity index (χ0n) is 18.3. The largest absolute Gasteiger partial charge is 0.332 e. The molecule has 0 saturated carbocycles. The molecule has 1 aromatic heterocycles. The standard InChI is InChI=1S/C23H20ClN7O4/c24-13-4-6-14(7-5-13)26-23(35)25-10-15-11-31(29-28-15)18-3-1-2-16-17(18)12-30(22(16)34)19-8-9-20(32)27-21(19)33/h1-7,11,19H,8-10,12H2,(H2,25,26,35)(H,27,32,33). The molecule has 3 aromatic rings. The number of imide groups is 1. The van der Waals surface area contributed by atoms with Gasteiger partial charge in [0.15, 0.2) is 0 Å². The SMILES string of the molecule is O=C1CCC(N2Cc3c(cccc3-n3cc(CNC(=O)Nc4ccc(Cl)cc4)nn3)C2=O)C(=O)N1. The number of benzene rings is 2. The summed E-state index contributed by atoms with van der Waals surface area (Å²) in [7, 11) is 0. The molecule has 5 rings (SSSR count). The summed E-state index contributed by atoms with van der Waals surface area (Å²) in [5.41, 5.74) is 2.95. The number of hydrogen-bond acceptors (Lipinski definition) is 6. The number of nitrogens with zero attached hydrogens (tertiary/aromatic N) is 4. The maximum Gasteiger partial charge on any atom is 0.319 e. The van der Waals surface area contributed by atoms with Crippen molar-refractivity contribution in [2.45, 2.75) is 32.0 Å². The van der Waals surface area contributed by atoms with Gasteiger partial charge in [-0.15, -0.1) is 5.10 Å². The maximum atomic E-state index is 13.0. The van der Waals surface area contributed by atoms with Crippen molar-refractivity contribution >= 4 is 41.0 Å². The van der Waals surface area contributed by atoms with Crippen LogP contribution in [-0.2, 0) is 22.7 Å². The number of anilines is 1. The Balaban J connectivity index is 1.27. The number of hydrogen-bond donors (Lipinski definition) is 3. The van der Waals surface area contributed by atoms with Crippen molar-refractivity contribution in [1.29, 1.82) is 0 Å². The zero-order valence-corrected chi connectivity index (χ0v) is 19.1. The fraction of sp³-hybridized carbons (Fsp3) is 0.217. The molecule has 2 aliphatic rings. The molecule has 0 aliphatic carbocycles. The van der Waals surface area contributed by atoms with Gasteiger partial charge in [-0.1, -0.05) is 22.9 Å². The van der Waals surface area contributed by atoms with E-state index < -0.39 is 18.0 Å².